The molecule has 0 saturated heterocycles. The average Bonchev–Trinajstić information content (AvgIpc) is 2.73. The molecule has 0 atom stereocenters. The highest BCUT2D eigenvalue weighted by molar-refractivity contribution is 6.40. The summed E-state index contributed by atoms with van der Waals surface area (Å²) in [6.45, 7) is 0. The first-order valence-electron chi connectivity index (χ1n) is 8.32. The fourth-order valence-corrected chi connectivity index (χ4v) is 2.96. The van der Waals surface area contributed by atoms with Crippen LogP contribution in [0.15, 0.2) is 41.5 Å². The summed E-state index contributed by atoms with van der Waals surface area (Å²) < 4.78 is 39.2. The number of hydrogen-bond acceptors (Lipinski definition) is 6. The Kier molecular flexibility index (Phi) is 7.63. The predicted molar refractivity (Wildman–Crippen MR) is 109 cm³/mol. The van der Waals surface area contributed by atoms with Crippen LogP contribution in [0.25, 0.3) is 0 Å². The van der Waals surface area contributed by atoms with E-state index in [0.717, 1.165) is 19.2 Å². The summed E-state index contributed by atoms with van der Waals surface area (Å²) >= 11 is 12.0. The van der Waals surface area contributed by atoms with E-state index >= 15 is 0 Å². The van der Waals surface area contributed by atoms with Crippen molar-refractivity contribution in [3.8, 4) is 6.07 Å². The van der Waals surface area contributed by atoms with Gasteiger partial charge in [0.1, 0.15) is 11.8 Å². The number of carbonyl (C=O) groups is 1. The van der Waals surface area contributed by atoms with Crippen LogP contribution in [0.1, 0.15) is 11.1 Å². The Bertz CT molecular complexity index is 1090. The van der Waals surface area contributed by atoms with Crippen molar-refractivity contribution in [2.45, 2.75) is 6.18 Å². The summed E-state index contributed by atoms with van der Waals surface area (Å²) in [5.41, 5.74) is -2.19. The molecule has 0 radical (unpaired) electrons. The largest absolute Gasteiger partial charge is 0.416 e. The van der Waals surface area contributed by atoms with E-state index in [0.29, 0.717) is 22.2 Å². The van der Waals surface area contributed by atoms with Gasteiger partial charge >= 0.3 is 12.2 Å². The van der Waals surface area contributed by atoms with Gasteiger partial charge in [0.2, 0.25) is 0 Å². The molecule has 0 aromatic heterocycles. The van der Waals surface area contributed by atoms with Crippen molar-refractivity contribution in [2.75, 3.05) is 19.2 Å². The average molecular weight is 490 g/mol. The summed E-state index contributed by atoms with van der Waals surface area (Å²) in [6, 6.07) is 6.38. The lowest BCUT2D eigenvalue weighted by molar-refractivity contribution is -0.384. The number of nitrogens with zero attached hydrogens (tertiary/aromatic N) is 5. The van der Waals surface area contributed by atoms with Gasteiger partial charge in [0.25, 0.3) is 5.69 Å². The van der Waals surface area contributed by atoms with Crippen molar-refractivity contribution in [1.82, 2.24) is 5.06 Å². The van der Waals surface area contributed by atoms with Crippen molar-refractivity contribution in [3.63, 3.8) is 0 Å². The maximum Gasteiger partial charge on any atom is 0.416 e. The van der Waals surface area contributed by atoms with Gasteiger partial charge in [-0.2, -0.15) is 28.5 Å². The van der Waals surface area contributed by atoms with Gasteiger partial charge < -0.3 is 0 Å². The number of nitro benzene ring substituents is 1. The van der Waals surface area contributed by atoms with Crippen LogP contribution in [-0.2, 0) is 11.0 Å². The number of hydroxylamine groups is 2. The minimum absolute atomic E-state index is 0.0788. The third-order valence-corrected chi connectivity index (χ3v) is 4.51. The number of non-ortho nitro benzene ring substituents is 1. The lowest BCUT2D eigenvalue weighted by atomic mass is 10.1. The minimum atomic E-state index is -4.76. The molecular weight excluding hydrogens is 478 g/mol. The van der Waals surface area contributed by atoms with Crippen LogP contribution in [0.3, 0.4) is 0 Å². The summed E-state index contributed by atoms with van der Waals surface area (Å²) in [4.78, 5) is 27.7. The summed E-state index contributed by atoms with van der Waals surface area (Å²) in [5, 5.41) is 24.2. The van der Waals surface area contributed by atoms with Gasteiger partial charge in [0, 0.05) is 24.7 Å². The van der Waals surface area contributed by atoms with Crippen LogP contribution in [0.4, 0.5) is 29.3 Å². The molecule has 0 N–H and O–H groups in total. The number of anilines is 1. The zero-order chi connectivity index (χ0) is 24.2. The van der Waals surface area contributed by atoms with Crippen LogP contribution in [0.2, 0.25) is 10.0 Å². The van der Waals surface area contributed by atoms with Gasteiger partial charge in [0.15, 0.2) is 5.71 Å². The highest BCUT2D eigenvalue weighted by Crippen LogP contribution is 2.41. The Morgan fingerprint density at radius 3 is 2.16 bits per heavy atom. The third-order valence-electron chi connectivity index (χ3n) is 3.94. The molecule has 0 unspecified atom stereocenters. The molecule has 0 aliphatic rings. The maximum atomic E-state index is 13.1. The number of hydrazone groups is 1. The molecule has 9 nitrogen and oxygen atoms in total. The van der Waals surface area contributed by atoms with Gasteiger partial charge in [-0.05, 0) is 24.3 Å². The normalized spacial score (nSPS) is 11.6. The van der Waals surface area contributed by atoms with Crippen LogP contribution >= 0.6 is 23.2 Å². The van der Waals surface area contributed by atoms with E-state index in [1.165, 1.54) is 19.2 Å². The molecule has 0 saturated carbocycles. The minimum Gasteiger partial charge on any atom is -0.273 e. The van der Waals surface area contributed by atoms with Crippen LogP contribution in [0, 0.1) is 21.4 Å². The first kappa shape index (κ1) is 24.9. The van der Waals surface area contributed by atoms with Gasteiger partial charge in [-0.25, -0.2) is 9.86 Å². The molecular formula is C18H12Cl2F3N5O4. The number of benzene rings is 2. The lowest BCUT2D eigenvalue weighted by Gasteiger charge is -2.25. The second kappa shape index (κ2) is 9.82. The number of urea groups is 1. The monoisotopic (exact) mass is 489 g/mol. The first-order chi connectivity index (χ1) is 14.9. The van der Waals surface area contributed by atoms with Crippen molar-refractivity contribution >= 4 is 46.3 Å². The molecule has 0 bridgehead atoms. The molecule has 0 heterocycles. The molecule has 0 aliphatic carbocycles. The zero-order valence-corrected chi connectivity index (χ0v) is 17.7. The Hall–Kier alpha value is -3.40. The second-order valence-corrected chi connectivity index (χ2v) is 6.74. The molecule has 0 spiro atoms. The summed E-state index contributed by atoms with van der Waals surface area (Å²) in [6.07, 6.45) is -4.76. The third kappa shape index (κ3) is 5.44. The van der Waals surface area contributed by atoms with Gasteiger partial charge in [-0.15, -0.1) is 0 Å². The molecule has 2 aromatic rings. The molecule has 0 aliphatic heterocycles. The van der Waals surface area contributed by atoms with Gasteiger partial charge in [-0.1, -0.05) is 23.2 Å². The first-order valence-corrected chi connectivity index (χ1v) is 9.08. The molecule has 2 rings (SSSR count). The molecule has 2 amide bonds. The topological polar surface area (TPSA) is 112 Å². The fraction of sp³-hybridized carbons (Fsp3) is 0.167. The van der Waals surface area contributed by atoms with E-state index in [1.54, 1.807) is 6.07 Å². The number of carbonyl (C=O) groups excluding carboxylic acids is 1. The number of nitro groups is 1. The van der Waals surface area contributed by atoms with Crippen molar-refractivity contribution in [3.05, 3.63) is 67.7 Å². The smallest absolute Gasteiger partial charge is 0.273 e. The maximum absolute atomic E-state index is 13.1. The number of hydrogen-bond donors (Lipinski definition) is 0. The highest BCUT2D eigenvalue weighted by Gasteiger charge is 2.34. The lowest BCUT2D eigenvalue weighted by Crippen LogP contribution is -2.38. The second-order valence-electron chi connectivity index (χ2n) is 5.93. The molecule has 14 heteroatoms. The Balaban J connectivity index is 2.68. The van der Waals surface area contributed by atoms with E-state index < -0.39 is 44.1 Å². The standard InChI is InChI=1S/C18H12Cl2F3N5O4/c1-26(32-2)17(29)27(16-13(19)7-11(8-14(16)20)18(21,22)23)25-15(9-24)10-3-5-12(6-4-10)28(30)31/h3-8H,1-2H3/b25-15+. The number of nitriles is 1. The molecule has 0 fully saturated rings. The number of halogens is 5. The fourth-order valence-electron chi connectivity index (χ4n) is 2.32. The molecule has 168 valence electrons. The van der Waals surface area contributed by atoms with E-state index in [2.05, 4.69) is 5.10 Å². The van der Waals surface area contributed by atoms with Crippen molar-refractivity contribution in [1.29, 1.82) is 5.26 Å². The Morgan fingerprint density at radius 1 is 1.22 bits per heavy atom. The van der Waals surface area contributed by atoms with Gasteiger partial charge in [0.05, 0.1) is 27.6 Å². The van der Waals surface area contributed by atoms with E-state index in [4.69, 9.17) is 28.0 Å². The van der Waals surface area contributed by atoms with Crippen LogP contribution < -0.4 is 5.01 Å². The highest BCUT2D eigenvalue weighted by atomic mass is 35.5. The van der Waals surface area contributed by atoms with Crippen molar-refractivity contribution in [2.24, 2.45) is 5.10 Å². The van der Waals surface area contributed by atoms with Crippen LogP contribution in [-0.4, -0.2) is 35.9 Å². The quantitative estimate of drug-likeness (QED) is 0.322. The number of rotatable bonds is 5. The Morgan fingerprint density at radius 2 is 1.75 bits per heavy atom. The van der Waals surface area contributed by atoms with Gasteiger partial charge in [-0.3, -0.25) is 15.0 Å². The zero-order valence-electron chi connectivity index (χ0n) is 16.2. The van der Waals surface area contributed by atoms with E-state index in [9.17, 15) is 33.3 Å². The SMILES string of the molecule is CON(C)C(=O)N(/N=C(\C#N)c1ccc([N+](=O)[O-])cc1)c1c(Cl)cc(C(F)(F)F)cc1Cl. The molecule has 2 aromatic carbocycles. The summed E-state index contributed by atoms with van der Waals surface area (Å²) in [7, 11) is 2.31. The predicted octanol–water partition coefficient (Wildman–Crippen LogP) is 5.27. The van der Waals surface area contributed by atoms with Crippen LogP contribution in [0.5, 0.6) is 0 Å². The number of amides is 2. The number of alkyl halides is 3. The Labute approximate surface area is 188 Å². The van der Waals surface area contributed by atoms with E-state index in [-0.39, 0.29) is 11.3 Å². The molecule has 32 heavy (non-hydrogen) atoms. The van der Waals surface area contributed by atoms with Crippen molar-refractivity contribution < 1.29 is 27.7 Å². The summed E-state index contributed by atoms with van der Waals surface area (Å²) in [5.74, 6) is 0. The van der Waals surface area contributed by atoms with E-state index in [1.807, 2.05) is 0 Å².